The van der Waals surface area contributed by atoms with Crippen LogP contribution in [0, 0.1) is 0 Å². The van der Waals surface area contributed by atoms with Crippen molar-refractivity contribution in [1.82, 2.24) is 9.97 Å². The summed E-state index contributed by atoms with van der Waals surface area (Å²) in [7, 11) is 3.22. The predicted molar refractivity (Wildman–Crippen MR) is 113 cm³/mol. The molecule has 0 unspecified atom stereocenters. The van der Waals surface area contributed by atoms with Gasteiger partial charge in [0.1, 0.15) is 5.82 Å². The first-order valence-corrected chi connectivity index (χ1v) is 9.07. The zero-order chi connectivity index (χ0) is 19.5. The van der Waals surface area contributed by atoms with Crippen molar-refractivity contribution in [2.24, 2.45) is 0 Å². The summed E-state index contributed by atoms with van der Waals surface area (Å²) in [6.07, 6.45) is 0. The van der Waals surface area contributed by atoms with Gasteiger partial charge in [-0.05, 0) is 54.6 Å². The second-order valence-electron chi connectivity index (χ2n) is 6.11. The molecule has 4 rings (SSSR count). The SMILES string of the molecule is COc1ccc(-c2nc(Nc3ccc(Cl)cc3)c3ccccc3n2)cc1OC. The smallest absolute Gasteiger partial charge is 0.162 e. The number of fused-ring (bicyclic) bond motifs is 1. The number of nitrogens with zero attached hydrogens (tertiary/aromatic N) is 2. The fourth-order valence-electron chi connectivity index (χ4n) is 2.95. The number of aromatic nitrogens is 2. The Hall–Kier alpha value is -3.31. The summed E-state index contributed by atoms with van der Waals surface area (Å²) in [5.41, 5.74) is 2.58. The van der Waals surface area contributed by atoms with Crippen LogP contribution >= 0.6 is 11.6 Å². The second-order valence-corrected chi connectivity index (χ2v) is 6.55. The first-order valence-electron chi connectivity index (χ1n) is 8.69. The number of methoxy groups -OCH3 is 2. The van der Waals surface area contributed by atoms with E-state index in [9.17, 15) is 0 Å². The van der Waals surface area contributed by atoms with Gasteiger partial charge >= 0.3 is 0 Å². The van der Waals surface area contributed by atoms with Crippen LogP contribution < -0.4 is 14.8 Å². The Kier molecular flexibility index (Phi) is 5.00. The molecule has 0 saturated carbocycles. The summed E-state index contributed by atoms with van der Waals surface area (Å²) in [5.74, 6) is 2.60. The van der Waals surface area contributed by atoms with Gasteiger partial charge in [0, 0.05) is 21.7 Å². The minimum atomic E-state index is 0.594. The van der Waals surface area contributed by atoms with E-state index in [1.54, 1.807) is 14.2 Å². The Morgan fingerprint density at radius 2 is 1.57 bits per heavy atom. The van der Waals surface area contributed by atoms with E-state index in [1.807, 2.05) is 66.7 Å². The summed E-state index contributed by atoms with van der Waals surface area (Å²) in [4.78, 5) is 9.49. The fourth-order valence-corrected chi connectivity index (χ4v) is 3.07. The molecular formula is C22H18ClN3O2. The van der Waals surface area contributed by atoms with Crippen molar-refractivity contribution >= 4 is 34.0 Å². The highest BCUT2D eigenvalue weighted by atomic mass is 35.5. The first kappa shape index (κ1) is 18.1. The molecular weight excluding hydrogens is 374 g/mol. The summed E-state index contributed by atoms with van der Waals surface area (Å²) < 4.78 is 10.7. The number of para-hydroxylation sites is 1. The molecule has 0 aliphatic carbocycles. The Balaban J connectivity index is 1.83. The number of nitrogens with one attached hydrogen (secondary N) is 1. The third kappa shape index (κ3) is 3.57. The van der Waals surface area contributed by atoms with Gasteiger partial charge in [0.15, 0.2) is 17.3 Å². The van der Waals surface area contributed by atoms with Gasteiger partial charge in [-0.25, -0.2) is 9.97 Å². The van der Waals surface area contributed by atoms with E-state index in [2.05, 4.69) is 5.32 Å². The average molecular weight is 392 g/mol. The van der Waals surface area contributed by atoms with Gasteiger partial charge in [0.05, 0.1) is 19.7 Å². The van der Waals surface area contributed by atoms with Gasteiger partial charge in [-0.1, -0.05) is 23.7 Å². The highest BCUT2D eigenvalue weighted by Crippen LogP contribution is 2.33. The van der Waals surface area contributed by atoms with Gasteiger partial charge in [-0.2, -0.15) is 0 Å². The molecule has 0 atom stereocenters. The number of anilines is 2. The molecule has 6 heteroatoms. The average Bonchev–Trinajstić information content (AvgIpc) is 2.74. The van der Waals surface area contributed by atoms with Gasteiger partial charge < -0.3 is 14.8 Å². The number of ether oxygens (including phenoxy) is 2. The maximum absolute atomic E-state index is 5.99. The lowest BCUT2D eigenvalue weighted by Crippen LogP contribution is -2.00. The first-order chi connectivity index (χ1) is 13.7. The maximum atomic E-state index is 5.99. The highest BCUT2D eigenvalue weighted by molar-refractivity contribution is 6.30. The molecule has 1 heterocycles. The van der Waals surface area contributed by atoms with Gasteiger partial charge in [0.25, 0.3) is 0 Å². The van der Waals surface area contributed by atoms with Crippen LogP contribution in [0.5, 0.6) is 11.5 Å². The van der Waals surface area contributed by atoms with E-state index in [0.29, 0.717) is 22.3 Å². The number of hydrogen-bond acceptors (Lipinski definition) is 5. The van der Waals surface area contributed by atoms with E-state index in [0.717, 1.165) is 28.0 Å². The molecule has 140 valence electrons. The molecule has 1 aromatic heterocycles. The highest BCUT2D eigenvalue weighted by Gasteiger charge is 2.12. The molecule has 3 aromatic carbocycles. The van der Waals surface area contributed by atoms with E-state index in [1.165, 1.54) is 0 Å². The minimum Gasteiger partial charge on any atom is -0.493 e. The fraction of sp³-hybridized carbons (Fsp3) is 0.0909. The molecule has 0 amide bonds. The van der Waals surface area contributed by atoms with Crippen molar-refractivity contribution in [2.45, 2.75) is 0 Å². The largest absolute Gasteiger partial charge is 0.493 e. The summed E-state index contributed by atoms with van der Waals surface area (Å²) >= 11 is 5.99. The van der Waals surface area contributed by atoms with Crippen LogP contribution in [-0.4, -0.2) is 24.2 Å². The lowest BCUT2D eigenvalue weighted by Gasteiger charge is -2.12. The summed E-state index contributed by atoms with van der Waals surface area (Å²) in [6.45, 7) is 0. The van der Waals surface area contributed by atoms with Crippen LogP contribution in [0.4, 0.5) is 11.5 Å². The van der Waals surface area contributed by atoms with Crippen molar-refractivity contribution in [3.8, 4) is 22.9 Å². The zero-order valence-corrected chi connectivity index (χ0v) is 16.2. The molecule has 0 fully saturated rings. The topological polar surface area (TPSA) is 56.3 Å². The summed E-state index contributed by atoms with van der Waals surface area (Å²) in [5, 5.41) is 4.99. The van der Waals surface area contributed by atoms with Crippen molar-refractivity contribution in [3.05, 3.63) is 71.8 Å². The monoisotopic (exact) mass is 391 g/mol. The third-order valence-corrected chi connectivity index (χ3v) is 4.60. The van der Waals surface area contributed by atoms with Crippen LogP contribution in [0.25, 0.3) is 22.3 Å². The Morgan fingerprint density at radius 3 is 2.32 bits per heavy atom. The molecule has 0 bridgehead atoms. The lowest BCUT2D eigenvalue weighted by atomic mass is 10.1. The standard InChI is InChI=1S/C22H18ClN3O2/c1-27-19-12-7-14(13-20(19)28-2)21-25-18-6-4-3-5-17(18)22(26-21)24-16-10-8-15(23)9-11-16/h3-13H,1-2H3,(H,24,25,26). The van der Waals surface area contributed by atoms with Crippen molar-refractivity contribution in [2.75, 3.05) is 19.5 Å². The van der Waals surface area contributed by atoms with E-state index in [4.69, 9.17) is 31.0 Å². The van der Waals surface area contributed by atoms with Crippen LogP contribution in [0.2, 0.25) is 5.02 Å². The number of hydrogen-bond donors (Lipinski definition) is 1. The second kappa shape index (κ2) is 7.74. The zero-order valence-electron chi connectivity index (χ0n) is 15.4. The van der Waals surface area contributed by atoms with Crippen LogP contribution in [-0.2, 0) is 0 Å². The predicted octanol–water partition coefficient (Wildman–Crippen LogP) is 5.71. The van der Waals surface area contributed by atoms with Gasteiger partial charge in [-0.15, -0.1) is 0 Å². The Bertz CT molecular complexity index is 1130. The molecule has 0 spiro atoms. The molecule has 0 saturated heterocycles. The summed E-state index contributed by atoms with van der Waals surface area (Å²) in [6, 6.07) is 21.0. The van der Waals surface area contributed by atoms with Crippen LogP contribution in [0.1, 0.15) is 0 Å². The lowest BCUT2D eigenvalue weighted by molar-refractivity contribution is 0.355. The van der Waals surface area contributed by atoms with Crippen LogP contribution in [0.3, 0.4) is 0 Å². The molecule has 28 heavy (non-hydrogen) atoms. The maximum Gasteiger partial charge on any atom is 0.162 e. The van der Waals surface area contributed by atoms with Crippen LogP contribution in [0.15, 0.2) is 66.7 Å². The minimum absolute atomic E-state index is 0.594. The van der Waals surface area contributed by atoms with E-state index >= 15 is 0 Å². The molecule has 0 radical (unpaired) electrons. The van der Waals surface area contributed by atoms with Crippen molar-refractivity contribution < 1.29 is 9.47 Å². The Labute approximate surface area is 167 Å². The van der Waals surface area contributed by atoms with Crippen molar-refractivity contribution in [1.29, 1.82) is 0 Å². The normalized spacial score (nSPS) is 10.7. The number of halogens is 1. The molecule has 0 aliphatic heterocycles. The molecule has 0 aliphatic rings. The molecule has 5 nitrogen and oxygen atoms in total. The van der Waals surface area contributed by atoms with E-state index in [-0.39, 0.29) is 0 Å². The third-order valence-electron chi connectivity index (χ3n) is 4.35. The number of benzene rings is 3. The van der Waals surface area contributed by atoms with E-state index < -0.39 is 0 Å². The van der Waals surface area contributed by atoms with Gasteiger partial charge in [0.2, 0.25) is 0 Å². The van der Waals surface area contributed by atoms with Crippen molar-refractivity contribution in [3.63, 3.8) is 0 Å². The Morgan fingerprint density at radius 1 is 0.821 bits per heavy atom. The number of rotatable bonds is 5. The molecule has 4 aromatic rings. The van der Waals surface area contributed by atoms with Gasteiger partial charge in [-0.3, -0.25) is 0 Å². The quantitative estimate of drug-likeness (QED) is 0.472. The molecule has 1 N–H and O–H groups in total.